The molecule has 1 heterocycles. The summed E-state index contributed by atoms with van der Waals surface area (Å²) in [5.74, 6) is 0.0988. The Morgan fingerprint density at radius 3 is 2.53 bits per heavy atom. The standard InChI is InChI=1S/C9H17N3O2S/c1-7(13)11-8(6-15)9(14)12-4-2-10-3-5-12/h8,10,15H,2-6H2,1H3,(H,11,13)/t8-/m0/s1. The van der Waals surface area contributed by atoms with Crippen LogP contribution in [0.3, 0.4) is 0 Å². The molecule has 6 heteroatoms. The molecule has 0 saturated carbocycles. The first-order valence-corrected chi connectivity index (χ1v) is 5.66. The summed E-state index contributed by atoms with van der Waals surface area (Å²) in [5.41, 5.74) is 0. The maximum Gasteiger partial charge on any atom is 0.246 e. The van der Waals surface area contributed by atoms with Crippen molar-refractivity contribution >= 4 is 24.4 Å². The Balaban J connectivity index is 2.50. The Morgan fingerprint density at radius 1 is 1.47 bits per heavy atom. The van der Waals surface area contributed by atoms with Gasteiger partial charge in [-0.15, -0.1) is 0 Å². The summed E-state index contributed by atoms with van der Waals surface area (Å²) in [6.45, 7) is 4.42. The van der Waals surface area contributed by atoms with Crippen LogP contribution in [0.2, 0.25) is 0 Å². The molecular weight excluding hydrogens is 214 g/mol. The van der Waals surface area contributed by atoms with Gasteiger partial charge in [-0.3, -0.25) is 9.59 Å². The number of carbonyl (C=O) groups excluding carboxylic acids is 2. The predicted molar refractivity (Wildman–Crippen MR) is 60.9 cm³/mol. The molecule has 1 aliphatic rings. The summed E-state index contributed by atoms with van der Waals surface area (Å²) >= 11 is 4.07. The minimum atomic E-state index is -0.496. The summed E-state index contributed by atoms with van der Waals surface area (Å²) in [5, 5.41) is 5.77. The smallest absolute Gasteiger partial charge is 0.246 e. The number of nitrogens with zero attached hydrogens (tertiary/aromatic N) is 1. The molecule has 2 N–H and O–H groups in total. The Kier molecular flexibility index (Phi) is 4.90. The molecule has 1 fully saturated rings. The van der Waals surface area contributed by atoms with Crippen molar-refractivity contribution in [1.82, 2.24) is 15.5 Å². The van der Waals surface area contributed by atoms with E-state index in [9.17, 15) is 9.59 Å². The molecule has 0 bridgehead atoms. The van der Waals surface area contributed by atoms with Gasteiger partial charge < -0.3 is 15.5 Å². The van der Waals surface area contributed by atoms with Gasteiger partial charge in [0.2, 0.25) is 11.8 Å². The quantitative estimate of drug-likeness (QED) is 0.538. The second kappa shape index (κ2) is 5.97. The Hall–Kier alpha value is -0.750. The third-order valence-electron chi connectivity index (χ3n) is 2.29. The third kappa shape index (κ3) is 3.71. The van der Waals surface area contributed by atoms with Gasteiger partial charge in [-0.2, -0.15) is 12.6 Å². The maximum atomic E-state index is 11.9. The number of hydrogen-bond donors (Lipinski definition) is 3. The Labute approximate surface area is 95.0 Å². The van der Waals surface area contributed by atoms with Crippen LogP contribution < -0.4 is 10.6 Å². The van der Waals surface area contributed by atoms with Gasteiger partial charge in [0.1, 0.15) is 6.04 Å². The molecule has 0 unspecified atom stereocenters. The summed E-state index contributed by atoms with van der Waals surface area (Å²) in [4.78, 5) is 24.5. The van der Waals surface area contributed by atoms with Crippen molar-refractivity contribution in [3.05, 3.63) is 0 Å². The molecule has 0 spiro atoms. The van der Waals surface area contributed by atoms with Crippen molar-refractivity contribution in [2.24, 2.45) is 0 Å². The number of hydrogen-bond acceptors (Lipinski definition) is 4. The Bertz CT molecular complexity index is 242. The van der Waals surface area contributed by atoms with Gasteiger partial charge in [-0.25, -0.2) is 0 Å². The predicted octanol–water partition coefficient (Wildman–Crippen LogP) is -1.15. The highest BCUT2D eigenvalue weighted by Gasteiger charge is 2.24. The van der Waals surface area contributed by atoms with Crippen molar-refractivity contribution in [2.45, 2.75) is 13.0 Å². The molecule has 1 aliphatic heterocycles. The fourth-order valence-electron chi connectivity index (χ4n) is 1.54. The number of thiol groups is 1. The second-order valence-corrected chi connectivity index (χ2v) is 3.88. The fourth-order valence-corrected chi connectivity index (χ4v) is 1.78. The lowest BCUT2D eigenvalue weighted by Crippen LogP contribution is -2.54. The van der Waals surface area contributed by atoms with Crippen LogP contribution in [0.5, 0.6) is 0 Å². The summed E-state index contributed by atoms with van der Waals surface area (Å²) in [7, 11) is 0. The van der Waals surface area contributed by atoms with Crippen LogP contribution in [-0.4, -0.2) is 54.7 Å². The lowest BCUT2D eigenvalue weighted by molar-refractivity contribution is -0.135. The van der Waals surface area contributed by atoms with Gasteiger partial charge in [0.05, 0.1) is 0 Å². The van der Waals surface area contributed by atoms with Gasteiger partial charge in [0.25, 0.3) is 0 Å². The average molecular weight is 231 g/mol. The first-order valence-electron chi connectivity index (χ1n) is 5.02. The second-order valence-electron chi connectivity index (χ2n) is 3.51. The van der Waals surface area contributed by atoms with Crippen molar-refractivity contribution < 1.29 is 9.59 Å². The highest BCUT2D eigenvalue weighted by Crippen LogP contribution is 1.99. The zero-order chi connectivity index (χ0) is 11.3. The molecule has 15 heavy (non-hydrogen) atoms. The largest absolute Gasteiger partial charge is 0.344 e. The van der Waals surface area contributed by atoms with E-state index < -0.39 is 6.04 Å². The van der Waals surface area contributed by atoms with E-state index in [1.165, 1.54) is 6.92 Å². The number of carbonyl (C=O) groups is 2. The molecule has 86 valence electrons. The van der Waals surface area contributed by atoms with E-state index in [4.69, 9.17) is 0 Å². The van der Waals surface area contributed by atoms with Crippen molar-refractivity contribution in [3.63, 3.8) is 0 Å². The lowest BCUT2D eigenvalue weighted by Gasteiger charge is -2.30. The summed E-state index contributed by atoms with van der Waals surface area (Å²) < 4.78 is 0. The van der Waals surface area contributed by atoms with Gasteiger partial charge in [0, 0.05) is 38.9 Å². The molecule has 5 nitrogen and oxygen atoms in total. The molecule has 0 aromatic carbocycles. The molecule has 1 atom stereocenters. The molecule has 0 aromatic heterocycles. The zero-order valence-electron chi connectivity index (χ0n) is 8.82. The number of piperazine rings is 1. The van der Waals surface area contributed by atoms with Gasteiger partial charge in [0.15, 0.2) is 0 Å². The monoisotopic (exact) mass is 231 g/mol. The summed E-state index contributed by atoms with van der Waals surface area (Å²) in [6.07, 6.45) is 0. The van der Waals surface area contributed by atoms with Crippen LogP contribution in [0.25, 0.3) is 0 Å². The van der Waals surface area contributed by atoms with Crippen LogP contribution in [0.1, 0.15) is 6.92 Å². The van der Waals surface area contributed by atoms with E-state index in [0.717, 1.165) is 13.1 Å². The SMILES string of the molecule is CC(=O)N[C@@H](CS)C(=O)N1CCNCC1. The van der Waals surface area contributed by atoms with E-state index in [0.29, 0.717) is 18.8 Å². The van der Waals surface area contributed by atoms with E-state index >= 15 is 0 Å². The fraction of sp³-hybridized carbons (Fsp3) is 0.778. The van der Waals surface area contributed by atoms with Gasteiger partial charge in [-0.1, -0.05) is 0 Å². The highest BCUT2D eigenvalue weighted by atomic mass is 32.1. The highest BCUT2D eigenvalue weighted by molar-refractivity contribution is 7.80. The number of rotatable bonds is 3. The average Bonchev–Trinajstić information content (AvgIpc) is 2.26. The topological polar surface area (TPSA) is 61.4 Å². The summed E-state index contributed by atoms with van der Waals surface area (Å²) in [6, 6.07) is -0.496. The van der Waals surface area contributed by atoms with Gasteiger partial charge in [-0.05, 0) is 0 Å². The Morgan fingerprint density at radius 2 is 2.07 bits per heavy atom. The molecule has 0 aliphatic carbocycles. The normalized spacial score (nSPS) is 18.4. The third-order valence-corrected chi connectivity index (χ3v) is 2.65. The molecule has 0 radical (unpaired) electrons. The van der Waals surface area contributed by atoms with E-state index in [1.54, 1.807) is 4.90 Å². The maximum absolute atomic E-state index is 11.9. The first-order chi connectivity index (χ1) is 7.15. The molecule has 1 rings (SSSR count). The van der Waals surface area contributed by atoms with Crippen molar-refractivity contribution in [2.75, 3.05) is 31.9 Å². The first kappa shape index (κ1) is 12.3. The van der Waals surface area contributed by atoms with E-state index in [2.05, 4.69) is 23.3 Å². The molecular formula is C9H17N3O2S. The van der Waals surface area contributed by atoms with Crippen LogP contribution in [0.15, 0.2) is 0 Å². The van der Waals surface area contributed by atoms with Crippen LogP contribution in [-0.2, 0) is 9.59 Å². The van der Waals surface area contributed by atoms with Crippen molar-refractivity contribution in [3.8, 4) is 0 Å². The zero-order valence-corrected chi connectivity index (χ0v) is 9.72. The van der Waals surface area contributed by atoms with E-state index in [-0.39, 0.29) is 11.8 Å². The number of amides is 2. The van der Waals surface area contributed by atoms with E-state index in [1.807, 2.05) is 0 Å². The van der Waals surface area contributed by atoms with Crippen LogP contribution >= 0.6 is 12.6 Å². The minimum absolute atomic E-state index is 0.0401. The minimum Gasteiger partial charge on any atom is -0.344 e. The number of nitrogens with one attached hydrogen (secondary N) is 2. The molecule has 2 amide bonds. The van der Waals surface area contributed by atoms with Crippen LogP contribution in [0.4, 0.5) is 0 Å². The molecule has 0 aromatic rings. The van der Waals surface area contributed by atoms with Crippen LogP contribution in [0, 0.1) is 0 Å². The van der Waals surface area contributed by atoms with Gasteiger partial charge >= 0.3 is 0 Å². The molecule has 1 saturated heterocycles. The lowest BCUT2D eigenvalue weighted by atomic mass is 10.2. The van der Waals surface area contributed by atoms with Crippen molar-refractivity contribution in [1.29, 1.82) is 0 Å².